The summed E-state index contributed by atoms with van der Waals surface area (Å²) < 4.78 is 10.8. The van der Waals surface area contributed by atoms with Gasteiger partial charge in [0.15, 0.2) is 0 Å². The molecule has 0 radical (unpaired) electrons. The van der Waals surface area contributed by atoms with Crippen LogP contribution in [0.25, 0.3) is 0 Å². The molecule has 1 heterocycles. The Hall–Kier alpha value is -0.530. The fraction of sp³-hybridized carbons (Fsp3) is 0.800. The van der Waals surface area contributed by atoms with E-state index in [9.17, 15) is 9.59 Å². The first-order valence-electron chi connectivity index (χ1n) is 5.08. The zero-order chi connectivity index (χ0) is 12.3. The molecular formula is C10H16INO4. The molecule has 0 aromatic rings. The van der Waals surface area contributed by atoms with Crippen LogP contribution in [-0.2, 0) is 14.3 Å². The Kier molecular flexibility index (Phi) is 4.40. The van der Waals surface area contributed by atoms with Crippen molar-refractivity contribution in [1.82, 2.24) is 5.32 Å². The highest BCUT2D eigenvalue weighted by atomic mass is 127. The summed E-state index contributed by atoms with van der Waals surface area (Å²) in [7, 11) is 0. The van der Waals surface area contributed by atoms with Gasteiger partial charge < -0.3 is 14.8 Å². The minimum atomic E-state index is -0.580. The molecule has 1 fully saturated rings. The smallest absolute Gasteiger partial charge is 0.408 e. The van der Waals surface area contributed by atoms with Gasteiger partial charge in [0, 0.05) is 10.8 Å². The van der Waals surface area contributed by atoms with Crippen LogP contribution in [0, 0.1) is 0 Å². The van der Waals surface area contributed by atoms with Crippen molar-refractivity contribution in [2.24, 2.45) is 0 Å². The van der Waals surface area contributed by atoms with E-state index in [0.29, 0.717) is 6.42 Å². The van der Waals surface area contributed by atoms with Crippen LogP contribution in [0.1, 0.15) is 27.2 Å². The molecule has 0 saturated carbocycles. The van der Waals surface area contributed by atoms with E-state index >= 15 is 0 Å². The molecule has 16 heavy (non-hydrogen) atoms. The normalized spacial score (nSPS) is 25.1. The van der Waals surface area contributed by atoms with Crippen LogP contribution < -0.4 is 5.32 Å². The summed E-state index contributed by atoms with van der Waals surface area (Å²) in [5.74, 6) is -0.382. The highest BCUT2D eigenvalue weighted by Gasteiger charge is 2.35. The number of esters is 1. The van der Waals surface area contributed by atoms with E-state index in [1.165, 1.54) is 0 Å². The first-order valence-corrected chi connectivity index (χ1v) is 6.60. The van der Waals surface area contributed by atoms with Gasteiger partial charge in [0.2, 0.25) is 0 Å². The molecule has 6 heteroatoms. The van der Waals surface area contributed by atoms with Gasteiger partial charge in [0.1, 0.15) is 17.7 Å². The second-order valence-corrected chi connectivity index (χ2v) is 5.53. The van der Waals surface area contributed by atoms with E-state index < -0.39 is 17.7 Å². The molecule has 1 rings (SSSR count). The zero-order valence-corrected chi connectivity index (χ0v) is 11.7. The monoisotopic (exact) mass is 341 g/mol. The number of cyclic esters (lactones) is 1. The van der Waals surface area contributed by atoms with Crippen LogP contribution in [0.2, 0.25) is 0 Å². The minimum absolute atomic E-state index is 0.104. The van der Waals surface area contributed by atoms with E-state index in [1.807, 2.05) is 0 Å². The van der Waals surface area contributed by atoms with Gasteiger partial charge >= 0.3 is 12.1 Å². The standard InChI is InChI=1S/C10H16INO4/c1-10(2,3)16-9(14)12-7-4-6(5-11)15-8(7)13/h6-7H,4-5H2,1-3H3,(H,12,14). The number of halogens is 1. The molecule has 0 bridgehead atoms. The maximum atomic E-state index is 11.4. The number of rotatable bonds is 2. The summed E-state index contributed by atoms with van der Waals surface area (Å²) >= 11 is 2.14. The summed E-state index contributed by atoms with van der Waals surface area (Å²) in [6.07, 6.45) is -0.169. The Morgan fingerprint density at radius 2 is 2.25 bits per heavy atom. The topological polar surface area (TPSA) is 64.6 Å². The van der Waals surface area contributed by atoms with E-state index in [-0.39, 0.29) is 12.1 Å². The van der Waals surface area contributed by atoms with Crippen molar-refractivity contribution in [3.63, 3.8) is 0 Å². The summed E-state index contributed by atoms with van der Waals surface area (Å²) in [4.78, 5) is 22.8. The van der Waals surface area contributed by atoms with Crippen molar-refractivity contribution in [1.29, 1.82) is 0 Å². The van der Waals surface area contributed by atoms with Crippen LogP contribution in [-0.4, -0.2) is 34.2 Å². The first-order chi connectivity index (χ1) is 7.31. The highest BCUT2D eigenvalue weighted by Crippen LogP contribution is 2.17. The molecule has 2 atom stereocenters. The number of carbonyl (C=O) groups excluding carboxylic acids is 2. The predicted octanol–water partition coefficient (Wildman–Crippen LogP) is 1.63. The van der Waals surface area contributed by atoms with Gasteiger partial charge in [0.05, 0.1) is 0 Å². The van der Waals surface area contributed by atoms with Gasteiger partial charge in [-0.1, -0.05) is 22.6 Å². The zero-order valence-electron chi connectivity index (χ0n) is 9.58. The largest absolute Gasteiger partial charge is 0.460 e. The third-order valence-electron chi connectivity index (χ3n) is 1.93. The molecule has 1 amide bonds. The number of alkyl carbamates (subject to hydrolysis) is 1. The van der Waals surface area contributed by atoms with Crippen molar-refractivity contribution < 1.29 is 19.1 Å². The lowest BCUT2D eigenvalue weighted by Gasteiger charge is -2.20. The van der Waals surface area contributed by atoms with Crippen LogP contribution in [0.4, 0.5) is 4.79 Å². The van der Waals surface area contributed by atoms with E-state index in [4.69, 9.17) is 9.47 Å². The first kappa shape index (κ1) is 13.5. The Labute approximate surface area is 108 Å². The van der Waals surface area contributed by atoms with Gasteiger partial charge in [-0.3, -0.25) is 0 Å². The number of alkyl halides is 1. The molecule has 0 spiro atoms. The maximum Gasteiger partial charge on any atom is 0.408 e. The second-order valence-electron chi connectivity index (χ2n) is 4.65. The van der Waals surface area contributed by atoms with E-state index in [2.05, 4.69) is 27.9 Å². The Morgan fingerprint density at radius 1 is 1.62 bits per heavy atom. The molecule has 1 N–H and O–H groups in total. The lowest BCUT2D eigenvalue weighted by molar-refractivity contribution is -0.142. The van der Waals surface area contributed by atoms with Gasteiger partial charge in [-0.15, -0.1) is 0 Å². The molecule has 1 aliphatic rings. The molecule has 0 aromatic heterocycles. The SMILES string of the molecule is CC(C)(C)OC(=O)NC1CC(CI)OC1=O. The number of amides is 1. The summed E-state index contributed by atoms with van der Waals surface area (Å²) in [5, 5.41) is 2.51. The van der Waals surface area contributed by atoms with E-state index in [0.717, 1.165) is 4.43 Å². The molecule has 0 aliphatic carbocycles. The van der Waals surface area contributed by atoms with Crippen molar-refractivity contribution in [2.75, 3.05) is 4.43 Å². The van der Waals surface area contributed by atoms with Crippen LogP contribution in [0.3, 0.4) is 0 Å². The molecule has 2 unspecified atom stereocenters. The molecule has 0 aromatic carbocycles. The molecule has 5 nitrogen and oxygen atoms in total. The van der Waals surface area contributed by atoms with Crippen molar-refractivity contribution in [3.05, 3.63) is 0 Å². The molecule has 1 aliphatic heterocycles. The van der Waals surface area contributed by atoms with E-state index in [1.54, 1.807) is 20.8 Å². The third kappa shape index (κ3) is 4.15. The number of ether oxygens (including phenoxy) is 2. The number of hydrogen-bond donors (Lipinski definition) is 1. The van der Waals surface area contributed by atoms with Gasteiger partial charge in [-0.05, 0) is 20.8 Å². The highest BCUT2D eigenvalue weighted by molar-refractivity contribution is 14.1. The average Bonchev–Trinajstić information content (AvgIpc) is 2.44. The average molecular weight is 341 g/mol. The Morgan fingerprint density at radius 3 is 2.69 bits per heavy atom. The Bertz CT molecular complexity index is 287. The molecule has 1 saturated heterocycles. The van der Waals surface area contributed by atoms with Gasteiger partial charge in [-0.25, -0.2) is 9.59 Å². The fourth-order valence-corrected chi connectivity index (χ4v) is 1.86. The number of hydrogen-bond acceptors (Lipinski definition) is 4. The van der Waals surface area contributed by atoms with Crippen LogP contribution in [0.15, 0.2) is 0 Å². The summed E-state index contributed by atoms with van der Waals surface area (Å²) in [6.45, 7) is 5.31. The molecule has 92 valence electrons. The predicted molar refractivity (Wildman–Crippen MR) is 66.5 cm³/mol. The molecular weight excluding hydrogens is 325 g/mol. The maximum absolute atomic E-state index is 11.4. The van der Waals surface area contributed by atoms with Crippen molar-refractivity contribution in [2.45, 2.75) is 44.9 Å². The van der Waals surface area contributed by atoms with Crippen LogP contribution >= 0.6 is 22.6 Å². The second kappa shape index (κ2) is 5.20. The van der Waals surface area contributed by atoms with Gasteiger partial charge in [-0.2, -0.15) is 0 Å². The lowest BCUT2D eigenvalue weighted by Crippen LogP contribution is -2.41. The lowest BCUT2D eigenvalue weighted by atomic mass is 10.2. The third-order valence-corrected chi connectivity index (χ3v) is 2.91. The van der Waals surface area contributed by atoms with Crippen molar-refractivity contribution in [3.8, 4) is 0 Å². The van der Waals surface area contributed by atoms with Crippen molar-refractivity contribution >= 4 is 34.7 Å². The Balaban J connectivity index is 2.43. The minimum Gasteiger partial charge on any atom is -0.460 e. The summed E-state index contributed by atoms with van der Waals surface area (Å²) in [5.41, 5.74) is -0.560. The quantitative estimate of drug-likeness (QED) is 0.471. The van der Waals surface area contributed by atoms with Gasteiger partial charge in [0.25, 0.3) is 0 Å². The number of nitrogens with one attached hydrogen (secondary N) is 1. The van der Waals surface area contributed by atoms with Crippen LogP contribution in [0.5, 0.6) is 0 Å². The summed E-state index contributed by atoms with van der Waals surface area (Å²) in [6, 6.07) is -0.574. The number of carbonyl (C=O) groups is 2. The fourth-order valence-electron chi connectivity index (χ4n) is 1.32.